The number of rotatable bonds is 1. The Labute approximate surface area is 89.9 Å². The molecule has 0 spiro atoms. The Morgan fingerprint density at radius 2 is 2.21 bits per heavy atom. The van der Waals surface area contributed by atoms with E-state index >= 15 is 0 Å². The summed E-state index contributed by atoms with van der Waals surface area (Å²) in [6, 6.07) is 1.87. The number of thiophene rings is 1. The van der Waals surface area contributed by atoms with Gasteiger partial charge in [-0.3, -0.25) is 0 Å². The molecule has 2 aromatic rings. The van der Waals surface area contributed by atoms with E-state index in [4.69, 9.17) is 17.3 Å². The Bertz CT molecular complexity index is 504. The normalized spacial score (nSPS) is 16.4. The first-order valence-corrected chi connectivity index (χ1v) is 5.66. The minimum atomic E-state index is 0.442. The smallest absolute Gasteiger partial charge is 0.152 e. The maximum Gasteiger partial charge on any atom is 0.152 e. The maximum absolute atomic E-state index is 5.95. The highest BCUT2D eigenvalue weighted by Crippen LogP contribution is 2.48. The Hall–Kier alpha value is -0.870. The van der Waals surface area contributed by atoms with E-state index in [1.165, 1.54) is 29.7 Å². The van der Waals surface area contributed by atoms with Gasteiger partial charge >= 0.3 is 0 Å². The first kappa shape index (κ1) is 8.44. The highest BCUT2D eigenvalue weighted by molar-refractivity contribution is 7.22. The topological polar surface area (TPSA) is 51.8 Å². The predicted molar refractivity (Wildman–Crippen MR) is 58.8 cm³/mol. The molecule has 0 unspecified atom stereocenters. The third kappa shape index (κ3) is 1.18. The second kappa shape index (κ2) is 2.81. The lowest BCUT2D eigenvalue weighted by Crippen LogP contribution is -1.86. The lowest BCUT2D eigenvalue weighted by molar-refractivity contribution is 1.08. The number of aromatic nitrogens is 2. The molecule has 0 aromatic carbocycles. The van der Waals surface area contributed by atoms with Gasteiger partial charge in [0.1, 0.15) is 4.83 Å². The van der Waals surface area contributed by atoms with E-state index in [9.17, 15) is 0 Å². The van der Waals surface area contributed by atoms with E-state index in [0.717, 1.165) is 15.2 Å². The van der Waals surface area contributed by atoms with Gasteiger partial charge in [-0.05, 0) is 30.4 Å². The number of hydrogen-bond acceptors (Lipinski definition) is 4. The van der Waals surface area contributed by atoms with Crippen LogP contribution >= 0.6 is 22.9 Å². The van der Waals surface area contributed by atoms with E-state index in [2.05, 4.69) is 10.2 Å². The lowest BCUT2D eigenvalue weighted by atomic mass is 10.1. The third-order valence-corrected chi connectivity index (χ3v) is 3.60. The molecule has 2 heterocycles. The zero-order valence-corrected chi connectivity index (χ0v) is 8.90. The molecular formula is C9H8ClN3S. The first-order chi connectivity index (χ1) is 6.75. The van der Waals surface area contributed by atoms with E-state index in [-0.39, 0.29) is 0 Å². The van der Waals surface area contributed by atoms with Gasteiger partial charge in [0, 0.05) is 5.39 Å². The van der Waals surface area contributed by atoms with Crippen LogP contribution in [0.2, 0.25) is 5.15 Å². The number of halogens is 1. The number of nitrogens with zero attached hydrogens (tertiary/aromatic N) is 2. The van der Waals surface area contributed by atoms with E-state index in [0.29, 0.717) is 11.1 Å². The molecule has 1 saturated carbocycles. The first-order valence-electron chi connectivity index (χ1n) is 4.47. The van der Waals surface area contributed by atoms with Crippen LogP contribution in [0.5, 0.6) is 0 Å². The summed E-state index contributed by atoms with van der Waals surface area (Å²) in [6.07, 6.45) is 2.46. The average molecular weight is 226 g/mol. The molecule has 0 radical (unpaired) electrons. The Morgan fingerprint density at radius 3 is 2.93 bits per heavy atom. The summed E-state index contributed by atoms with van der Waals surface area (Å²) in [5.41, 5.74) is 7.19. The minimum absolute atomic E-state index is 0.442. The van der Waals surface area contributed by atoms with Crippen molar-refractivity contribution in [3.63, 3.8) is 0 Å². The average Bonchev–Trinajstić information content (AvgIpc) is 2.90. The minimum Gasteiger partial charge on any atom is -0.390 e. The summed E-state index contributed by atoms with van der Waals surface area (Å²) in [4.78, 5) is 0.897. The van der Waals surface area contributed by atoms with Crippen LogP contribution in [-0.4, -0.2) is 10.2 Å². The molecule has 2 N–H and O–H groups in total. The van der Waals surface area contributed by atoms with Crippen molar-refractivity contribution < 1.29 is 0 Å². The SMILES string of the molecule is Nc1sc2nnc(Cl)cc2c1C1CC1. The molecule has 0 aliphatic heterocycles. The number of nitrogens with two attached hydrogens (primary N) is 1. The van der Waals surface area contributed by atoms with Crippen LogP contribution in [0.15, 0.2) is 6.07 Å². The summed E-state index contributed by atoms with van der Waals surface area (Å²) >= 11 is 7.32. The van der Waals surface area contributed by atoms with E-state index in [1.54, 1.807) is 0 Å². The molecule has 1 aliphatic carbocycles. The van der Waals surface area contributed by atoms with Gasteiger partial charge in [-0.25, -0.2) is 0 Å². The molecular weight excluding hydrogens is 218 g/mol. The molecule has 5 heteroatoms. The van der Waals surface area contributed by atoms with Crippen LogP contribution in [-0.2, 0) is 0 Å². The van der Waals surface area contributed by atoms with Crippen molar-refractivity contribution in [2.75, 3.05) is 5.73 Å². The predicted octanol–water partition coefficient (Wildman–Crippen LogP) is 2.80. The maximum atomic E-state index is 5.95. The molecule has 0 atom stereocenters. The van der Waals surface area contributed by atoms with Gasteiger partial charge in [0.25, 0.3) is 0 Å². The van der Waals surface area contributed by atoms with Gasteiger partial charge in [-0.2, -0.15) is 0 Å². The fraction of sp³-hybridized carbons (Fsp3) is 0.333. The fourth-order valence-corrected chi connectivity index (χ4v) is 2.81. The fourth-order valence-electron chi connectivity index (χ4n) is 1.71. The lowest BCUT2D eigenvalue weighted by Gasteiger charge is -1.96. The van der Waals surface area contributed by atoms with Gasteiger partial charge in [0.15, 0.2) is 5.15 Å². The van der Waals surface area contributed by atoms with Crippen molar-refractivity contribution in [2.24, 2.45) is 0 Å². The molecule has 14 heavy (non-hydrogen) atoms. The van der Waals surface area contributed by atoms with Crippen LogP contribution in [0.4, 0.5) is 5.00 Å². The Balaban J connectivity index is 2.34. The third-order valence-electron chi connectivity index (χ3n) is 2.48. The van der Waals surface area contributed by atoms with E-state index < -0.39 is 0 Å². The summed E-state index contributed by atoms with van der Waals surface area (Å²) in [5, 5.41) is 10.2. The second-order valence-corrected chi connectivity index (χ2v) is 4.96. The monoisotopic (exact) mass is 225 g/mol. The zero-order chi connectivity index (χ0) is 9.71. The van der Waals surface area contributed by atoms with Crippen molar-refractivity contribution in [1.29, 1.82) is 0 Å². The van der Waals surface area contributed by atoms with Gasteiger partial charge < -0.3 is 5.73 Å². The highest BCUT2D eigenvalue weighted by Gasteiger charge is 2.29. The van der Waals surface area contributed by atoms with Gasteiger partial charge in [-0.15, -0.1) is 10.2 Å². The molecule has 3 nitrogen and oxygen atoms in total. The zero-order valence-electron chi connectivity index (χ0n) is 7.33. The summed E-state index contributed by atoms with van der Waals surface area (Å²) in [5.74, 6) is 0.629. The second-order valence-electron chi connectivity index (χ2n) is 3.54. The molecule has 0 bridgehead atoms. The Morgan fingerprint density at radius 1 is 1.43 bits per heavy atom. The summed E-state index contributed by atoms with van der Waals surface area (Å²) < 4.78 is 0. The van der Waals surface area contributed by atoms with Crippen molar-refractivity contribution in [1.82, 2.24) is 10.2 Å². The summed E-state index contributed by atoms with van der Waals surface area (Å²) in [6.45, 7) is 0. The van der Waals surface area contributed by atoms with Crippen LogP contribution in [0, 0.1) is 0 Å². The number of nitrogen functional groups attached to an aromatic ring is 1. The van der Waals surface area contributed by atoms with Crippen molar-refractivity contribution >= 4 is 38.2 Å². The number of anilines is 1. The van der Waals surface area contributed by atoms with Crippen LogP contribution in [0.3, 0.4) is 0 Å². The van der Waals surface area contributed by atoms with Gasteiger partial charge in [-0.1, -0.05) is 22.9 Å². The molecule has 1 fully saturated rings. The van der Waals surface area contributed by atoms with Crippen LogP contribution < -0.4 is 5.73 Å². The Kier molecular flexibility index (Phi) is 1.69. The standard InChI is InChI=1S/C9H8ClN3S/c10-6-3-5-7(4-1-2-4)8(11)14-9(5)13-12-6/h3-4H,1-2,11H2. The molecule has 3 rings (SSSR count). The largest absolute Gasteiger partial charge is 0.390 e. The summed E-state index contributed by atoms with van der Waals surface area (Å²) in [7, 11) is 0. The molecule has 0 amide bonds. The van der Waals surface area contributed by atoms with Crippen LogP contribution in [0.25, 0.3) is 10.2 Å². The van der Waals surface area contributed by atoms with Crippen molar-refractivity contribution in [3.05, 3.63) is 16.8 Å². The quantitative estimate of drug-likeness (QED) is 0.812. The van der Waals surface area contributed by atoms with Crippen molar-refractivity contribution in [2.45, 2.75) is 18.8 Å². The molecule has 1 aliphatic rings. The highest BCUT2D eigenvalue weighted by atomic mass is 35.5. The van der Waals surface area contributed by atoms with Crippen molar-refractivity contribution in [3.8, 4) is 0 Å². The molecule has 0 saturated heterocycles. The van der Waals surface area contributed by atoms with E-state index in [1.807, 2.05) is 6.07 Å². The van der Waals surface area contributed by atoms with Crippen LogP contribution in [0.1, 0.15) is 24.3 Å². The number of fused-ring (bicyclic) bond motifs is 1. The van der Waals surface area contributed by atoms with Gasteiger partial charge in [0.2, 0.25) is 0 Å². The number of hydrogen-bond donors (Lipinski definition) is 1. The molecule has 2 aromatic heterocycles. The van der Waals surface area contributed by atoms with Gasteiger partial charge in [0.05, 0.1) is 5.00 Å². The molecule has 72 valence electrons.